The molecule has 1 atom stereocenters. The molecule has 1 aromatic rings. The maximum Gasteiger partial charge on any atom is 0.312 e. The van der Waals surface area contributed by atoms with Gasteiger partial charge in [-0.25, -0.2) is 0 Å². The molecule has 1 aliphatic carbocycles. The summed E-state index contributed by atoms with van der Waals surface area (Å²) >= 11 is 0. The summed E-state index contributed by atoms with van der Waals surface area (Å²) in [5.74, 6) is 0. The van der Waals surface area contributed by atoms with Crippen molar-refractivity contribution in [2.45, 2.75) is 6.04 Å². The van der Waals surface area contributed by atoms with Gasteiger partial charge in [-0.1, -0.05) is 0 Å². The first kappa shape index (κ1) is 22.1. The van der Waals surface area contributed by atoms with Crippen molar-refractivity contribution in [3.05, 3.63) is 95.9 Å². The van der Waals surface area contributed by atoms with Gasteiger partial charge in [0, 0.05) is 4.92 Å². The normalized spacial score (nSPS) is 15.8. The number of nitrogens with zero attached hydrogens (tertiary/aromatic N) is 6. The Hall–Kier alpha value is -5.23. The fraction of sp³-hybridized carbons (Fsp3) is 0.0833. The first-order chi connectivity index (χ1) is 14.3. The van der Waals surface area contributed by atoms with Crippen LogP contribution in [0.4, 0.5) is 17.1 Å². The molecule has 1 aromatic carbocycles. The Morgan fingerprint density at radius 3 is 1.52 bits per heavy atom. The fourth-order valence-corrected chi connectivity index (χ4v) is 2.75. The summed E-state index contributed by atoms with van der Waals surface area (Å²) in [6, 6.07) is -2.23. The molecule has 0 heterocycles. The lowest BCUT2D eigenvalue weighted by atomic mass is 9.87. The lowest BCUT2D eigenvalue weighted by Gasteiger charge is -2.15. The molecular weight excluding hydrogens is 434 g/mol. The number of nitrogens with one attached hydrogen (secondary N) is 1. The van der Waals surface area contributed by atoms with Crippen LogP contribution in [0.1, 0.15) is 5.56 Å². The van der Waals surface area contributed by atoms with E-state index in [4.69, 9.17) is 5.41 Å². The predicted molar refractivity (Wildman–Crippen MR) is 93.9 cm³/mol. The highest BCUT2D eigenvalue weighted by Crippen LogP contribution is 2.43. The maximum atomic E-state index is 11.5. The molecule has 0 radical (unpaired) electrons. The third-order valence-corrected chi connectivity index (χ3v) is 3.92. The minimum atomic E-state index is -2.59. The van der Waals surface area contributed by atoms with Crippen LogP contribution in [0, 0.1) is 66.1 Å². The predicted octanol–water partition coefficient (Wildman–Crippen LogP) is 1.24. The number of nitro benzene ring substituents is 3. The van der Waals surface area contributed by atoms with Gasteiger partial charge >= 0.3 is 11.4 Å². The summed E-state index contributed by atoms with van der Waals surface area (Å²) in [7, 11) is 0. The van der Waals surface area contributed by atoms with Crippen LogP contribution in [-0.2, 0) is 0 Å². The molecule has 0 saturated heterocycles. The Labute approximate surface area is 166 Å². The smallest absolute Gasteiger partial charge is 0.288 e. The third kappa shape index (κ3) is 3.72. The van der Waals surface area contributed by atoms with E-state index >= 15 is 0 Å². The van der Waals surface area contributed by atoms with Gasteiger partial charge in [-0.3, -0.25) is 66.1 Å². The Morgan fingerprint density at radius 2 is 1.19 bits per heavy atom. The molecule has 0 spiro atoms. The van der Waals surface area contributed by atoms with Crippen LogP contribution in [0.5, 0.6) is 0 Å². The summed E-state index contributed by atoms with van der Waals surface area (Å²) in [5, 5.41) is 75.6. The lowest BCUT2D eigenvalue weighted by molar-refractivity contribution is -0.499. The average Bonchev–Trinajstić information content (AvgIpc) is 2.65. The second-order valence-corrected chi connectivity index (χ2v) is 5.56. The van der Waals surface area contributed by atoms with Crippen LogP contribution >= 0.6 is 0 Å². The third-order valence-electron chi connectivity index (χ3n) is 3.92. The second kappa shape index (κ2) is 7.65. The average molecular weight is 439 g/mol. The summed E-state index contributed by atoms with van der Waals surface area (Å²) in [4.78, 5) is 59.6. The molecule has 0 amide bonds. The van der Waals surface area contributed by atoms with Crippen LogP contribution in [0.15, 0.2) is 29.6 Å². The zero-order valence-electron chi connectivity index (χ0n) is 14.4. The van der Waals surface area contributed by atoms with Crippen molar-refractivity contribution in [2.75, 3.05) is 0 Å². The van der Waals surface area contributed by atoms with Crippen molar-refractivity contribution >= 4 is 28.3 Å². The number of nitro groups is 6. The number of benzene rings is 1. The molecule has 19 heteroatoms. The van der Waals surface area contributed by atoms with Gasteiger partial charge < -0.3 is 0 Å². The van der Waals surface area contributed by atoms with Crippen molar-refractivity contribution in [1.82, 2.24) is 0 Å². The number of hydrogen-bond donors (Lipinski definition) is 1. The molecule has 0 saturated carbocycles. The lowest BCUT2D eigenvalue weighted by Crippen LogP contribution is -2.33. The van der Waals surface area contributed by atoms with Crippen molar-refractivity contribution in [2.24, 2.45) is 0 Å². The van der Waals surface area contributed by atoms with Crippen molar-refractivity contribution in [1.29, 1.82) is 5.41 Å². The second-order valence-electron chi connectivity index (χ2n) is 5.56. The number of rotatable bonds is 7. The quantitative estimate of drug-likeness (QED) is 0.463. The Morgan fingerprint density at radius 1 is 0.710 bits per heavy atom. The Balaban J connectivity index is 3.15. The Kier molecular flexibility index (Phi) is 5.45. The molecule has 0 aromatic heterocycles. The van der Waals surface area contributed by atoms with Gasteiger partial charge in [-0.15, -0.1) is 0 Å². The summed E-state index contributed by atoms with van der Waals surface area (Å²) < 4.78 is 0. The van der Waals surface area contributed by atoms with Gasteiger partial charge in [0.2, 0.25) is 5.71 Å². The SMILES string of the molecule is N=C1C([N+](=O)[O-])=CC([N+](=O)[O-])C(c2c([N+](=O)[O-])cc([N+](=O)[O-])cc2[N+](=O)[O-])=C1[N+](=O)[O-]. The van der Waals surface area contributed by atoms with E-state index in [0.717, 1.165) is 0 Å². The maximum absolute atomic E-state index is 11.5. The monoisotopic (exact) mass is 439 g/mol. The van der Waals surface area contributed by atoms with Crippen LogP contribution in [0.3, 0.4) is 0 Å². The molecule has 0 fully saturated rings. The van der Waals surface area contributed by atoms with E-state index < -0.39 is 80.9 Å². The molecule has 160 valence electrons. The molecule has 1 aliphatic rings. The van der Waals surface area contributed by atoms with Crippen molar-refractivity contribution in [3.63, 3.8) is 0 Å². The van der Waals surface area contributed by atoms with Crippen LogP contribution in [0.25, 0.3) is 5.57 Å². The Bertz CT molecular complexity index is 1150. The largest absolute Gasteiger partial charge is 0.312 e. The fourth-order valence-electron chi connectivity index (χ4n) is 2.75. The van der Waals surface area contributed by atoms with E-state index in [1.165, 1.54) is 0 Å². The molecular formula is C12H5N7O12. The van der Waals surface area contributed by atoms with Crippen LogP contribution in [-0.4, -0.2) is 41.3 Å². The van der Waals surface area contributed by atoms with E-state index in [1.54, 1.807) is 0 Å². The van der Waals surface area contributed by atoms with E-state index in [1.807, 2.05) is 0 Å². The molecule has 0 bridgehead atoms. The van der Waals surface area contributed by atoms with Gasteiger partial charge in [-0.2, -0.15) is 0 Å². The zero-order chi connectivity index (χ0) is 23.8. The number of non-ortho nitro benzene ring substituents is 1. The van der Waals surface area contributed by atoms with E-state index in [0.29, 0.717) is 0 Å². The van der Waals surface area contributed by atoms with Crippen LogP contribution in [0.2, 0.25) is 0 Å². The van der Waals surface area contributed by atoms with Gasteiger partial charge in [0.15, 0.2) is 0 Å². The van der Waals surface area contributed by atoms with Crippen molar-refractivity contribution < 1.29 is 29.5 Å². The molecule has 1 N–H and O–H groups in total. The molecule has 31 heavy (non-hydrogen) atoms. The first-order valence-corrected chi connectivity index (χ1v) is 7.38. The summed E-state index contributed by atoms with van der Waals surface area (Å²) in [6.45, 7) is 0. The highest BCUT2D eigenvalue weighted by molar-refractivity contribution is 6.14. The zero-order valence-corrected chi connectivity index (χ0v) is 14.4. The van der Waals surface area contributed by atoms with Gasteiger partial charge in [-0.05, 0) is 0 Å². The highest BCUT2D eigenvalue weighted by Gasteiger charge is 2.51. The van der Waals surface area contributed by atoms with E-state index in [9.17, 15) is 60.7 Å². The molecule has 19 nitrogen and oxygen atoms in total. The van der Waals surface area contributed by atoms with E-state index in [2.05, 4.69) is 0 Å². The summed E-state index contributed by atoms with van der Waals surface area (Å²) in [5.41, 5.74) is -11.4. The van der Waals surface area contributed by atoms with Gasteiger partial charge in [0.25, 0.3) is 23.1 Å². The van der Waals surface area contributed by atoms with Gasteiger partial charge in [0.1, 0.15) is 11.1 Å². The first-order valence-electron chi connectivity index (χ1n) is 7.38. The highest BCUT2D eigenvalue weighted by atomic mass is 16.7. The topological polar surface area (TPSA) is 283 Å². The number of hydrogen-bond acceptors (Lipinski definition) is 13. The minimum Gasteiger partial charge on any atom is -0.288 e. The van der Waals surface area contributed by atoms with Gasteiger partial charge in [0.05, 0.1) is 42.8 Å². The summed E-state index contributed by atoms with van der Waals surface area (Å²) in [6.07, 6.45) is 0.152. The standard InChI is InChI=1S/C12H5N7O12/c13-11-8(18(28)29)3-7(17(26)27)10(12(11)19(30)31)9-5(15(22)23)1-4(14(20)21)2-6(9)16(24)25/h1-3,7,13H. The minimum absolute atomic E-state index is 0.152. The molecule has 2 rings (SSSR count). The molecule has 1 unspecified atom stereocenters. The van der Waals surface area contributed by atoms with E-state index in [-0.39, 0.29) is 18.2 Å². The van der Waals surface area contributed by atoms with Crippen LogP contribution < -0.4 is 0 Å². The van der Waals surface area contributed by atoms with Crippen molar-refractivity contribution in [3.8, 4) is 0 Å². The molecule has 0 aliphatic heterocycles.